The predicted molar refractivity (Wildman–Crippen MR) is 75.4 cm³/mol. The van der Waals surface area contributed by atoms with E-state index in [1.807, 2.05) is 36.4 Å². The van der Waals surface area contributed by atoms with Gasteiger partial charge in [0.15, 0.2) is 5.69 Å². The van der Waals surface area contributed by atoms with Gasteiger partial charge in [-0.25, -0.2) is 4.85 Å². The minimum atomic E-state index is -0.374. The molecule has 0 aromatic heterocycles. The zero-order chi connectivity index (χ0) is 14.4. The van der Waals surface area contributed by atoms with Gasteiger partial charge in [-0.2, -0.15) is 0 Å². The number of rotatable bonds is 4. The SMILES string of the molecule is [C-]#[N+]c1ccc(-c2ccc(OCOC(C)=O)cc2)cc1. The first-order valence-electron chi connectivity index (χ1n) is 6.03. The van der Waals surface area contributed by atoms with Gasteiger partial charge in [0, 0.05) is 6.92 Å². The van der Waals surface area contributed by atoms with Gasteiger partial charge < -0.3 is 9.47 Å². The van der Waals surface area contributed by atoms with E-state index < -0.39 is 0 Å². The number of benzene rings is 2. The van der Waals surface area contributed by atoms with Gasteiger partial charge in [0.25, 0.3) is 0 Å². The van der Waals surface area contributed by atoms with E-state index in [1.165, 1.54) is 6.92 Å². The normalized spacial score (nSPS) is 9.60. The molecule has 0 N–H and O–H groups in total. The number of nitrogens with zero attached hydrogens (tertiary/aromatic N) is 1. The van der Waals surface area contributed by atoms with Gasteiger partial charge in [0.1, 0.15) is 5.75 Å². The molecule has 0 heterocycles. The fraction of sp³-hybridized carbons (Fsp3) is 0.125. The third-order valence-electron chi connectivity index (χ3n) is 2.67. The summed E-state index contributed by atoms with van der Waals surface area (Å²) in [6.07, 6.45) is 0. The van der Waals surface area contributed by atoms with Crippen LogP contribution in [0.15, 0.2) is 48.5 Å². The average Bonchev–Trinajstić information content (AvgIpc) is 2.48. The third-order valence-corrected chi connectivity index (χ3v) is 2.67. The Balaban J connectivity index is 2.03. The molecule has 0 aliphatic rings. The van der Waals surface area contributed by atoms with Crippen molar-refractivity contribution in [3.8, 4) is 16.9 Å². The monoisotopic (exact) mass is 267 g/mol. The smallest absolute Gasteiger partial charge is 0.305 e. The number of ether oxygens (including phenoxy) is 2. The van der Waals surface area contributed by atoms with Gasteiger partial charge in [-0.1, -0.05) is 36.4 Å². The highest BCUT2D eigenvalue weighted by atomic mass is 16.7. The zero-order valence-corrected chi connectivity index (χ0v) is 11.0. The summed E-state index contributed by atoms with van der Waals surface area (Å²) in [5.74, 6) is 0.259. The number of hydrogen-bond donors (Lipinski definition) is 0. The Morgan fingerprint density at radius 3 is 2.10 bits per heavy atom. The predicted octanol–water partition coefficient (Wildman–Crippen LogP) is 3.80. The van der Waals surface area contributed by atoms with Crippen molar-refractivity contribution in [2.75, 3.05) is 6.79 Å². The lowest BCUT2D eigenvalue weighted by atomic mass is 10.1. The standard InChI is InChI=1S/C16H13NO3/c1-12(18)19-11-20-16-9-5-14(6-10-16)13-3-7-15(17-2)8-4-13/h3-10H,11H2,1H3. The summed E-state index contributed by atoms with van der Waals surface area (Å²) in [6, 6.07) is 14.8. The second-order valence-corrected chi connectivity index (χ2v) is 4.08. The van der Waals surface area contributed by atoms with Crippen molar-refractivity contribution in [3.63, 3.8) is 0 Å². The molecule has 0 radical (unpaired) electrons. The van der Waals surface area contributed by atoms with Crippen molar-refractivity contribution in [2.24, 2.45) is 0 Å². The second kappa shape index (κ2) is 6.39. The molecule has 0 aliphatic heterocycles. The van der Waals surface area contributed by atoms with Crippen LogP contribution >= 0.6 is 0 Å². The Morgan fingerprint density at radius 2 is 1.60 bits per heavy atom. The molecule has 2 rings (SSSR count). The quantitative estimate of drug-likeness (QED) is 0.480. The molecule has 4 heteroatoms. The summed E-state index contributed by atoms with van der Waals surface area (Å²) in [4.78, 5) is 14.0. The molecule has 100 valence electrons. The van der Waals surface area contributed by atoms with Crippen molar-refractivity contribution in [2.45, 2.75) is 6.92 Å². The fourth-order valence-electron chi connectivity index (χ4n) is 1.65. The molecule has 0 aliphatic carbocycles. The number of hydrogen-bond acceptors (Lipinski definition) is 3. The molecule has 0 saturated heterocycles. The molecular formula is C16H13NO3. The molecular weight excluding hydrogens is 254 g/mol. The van der Waals surface area contributed by atoms with Crippen LogP contribution in [-0.4, -0.2) is 12.8 Å². The van der Waals surface area contributed by atoms with E-state index in [-0.39, 0.29) is 12.8 Å². The van der Waals surface area contributed by atoms with Crippen molar-refractivity contribution in [1.82, 2.24) is 0 Å². The lowest BCUT2D eigenvalue weighted by molar-refractivity contribution is -0.147. The second-order valence-electron chi connectivity index (χ2n) is 4.08. The van der Waals surface area contributed by atoms with Crippen LogP contribution in [0.3, 0.4) is 0 Å². The molecule has 4 nitrogen and oxygen atoms in total. The Kier molecular flexibility index (Phi) is 4.35. The first-order valence-corrected chi connectivity index (χ1v) is 6.03. The first kappa shape index (κ1) is 13.6. The van der Waals surface area contributed by atoms with Crippen LogP contribution < -0.4 is 4.74 Å². The summed E-state index contributed by atoms with van der Waals surface area (Å²) in [5.41, 5.74) is 2.68. The molecule has 0 spiro atoms. The summed E-state index contributed by atoms with van der Waals surface area (Å²) in [5, 5.41) is 0. The average molecular weight is 267 g/mol. The first-order chi connectivity index (χ1) is 9.69. The van der Waals surface area contributed by atoms with E-state index in [4.69, 9.17) is 16.0 Å². The molecule has 0 amide bonds. The van der Waals surface area contributed by atoms with Crippen LogP contribution in [0.1, 0.15) is 6.92 Å². The minimum Gasteiger partial charge on any atom is -0.457 e. The van der Waals surface area contributed by atoms with Crippen molar-refractivity contribution < 1.29 is 14.3 Å². The molecule has 2 aromatic carbocycles. The lowest BCUT2D eigenvalue weighted by Gasteiger charge is -2.07. The maximum absolute atomic E-state index is 10.6. The zero-order valence-electron chi connectivity index (χ0n) is 11.0. The van der Waals surface area contributed by atoms with E-state index in [2.05, 4.69) is 4.85 Å². The maximum Gasteiger partial charge on any atom is 0.305 e. The minimum absolute atomic E-state index is 0.0889. The van der Waals surface area contributed by atoms with Crippen molar-refractivity contribution in [3.05, 3.63) is 59.9 Å². The van der Waals surface area contributed by atoms with Crippen LogP contribution in [0.25, 0.3) is 16.0 Å². The molecule has 0 fully saturated rings. The largest absolute Gasteiger partial charge is 0.457 e. The maximum atomic E-state index is 10.6. The van der Waals surface area contributed by atoms with Gasteiger partial charge >= 0.3 is 5.97 Å². The summed E-state index contributed by atoms with van der Waals surface area (Å²) >= 11 is 0. The van der Waals surface area contributed by atoms with Gasteiger partial charge in [0.2, 0.25) is 6.79 Å². The van der Waals surface area contributed by atoms with Gasteiger partial charge in [-0.05, 0) is 23.3 Å². The Bertz CT molecular complexity index is 624. The number of esters is 1. The topological polar surface area (TPSA) is 39.9 Å². The Morgan fingerprint density at radius 1 is 1.05 bits per heavy atom. The Labute approximate surface area is 117 Å². The highest BCUT2D eigenvalue weighted by Crippen LogP contribution is 2.24. The summed E-state index contributed by atoms with van der Waals surface area (Å²) in [7, 11) is 0. The van der Waals surface area contributed by atoms with Crippen LogP contribution in [0.2, 0.25) is 0 Å². The summed E-state index contributed by atoms with van der Waals surface area (Å²) in [6.45, 7) is 8.16. The number of carbonyl (C=O) groups excluding carboxylic acids is 1. The van der Waals surface area contributed by atoms with Crippen LogP contribution in [0, 0.1) is 6.57 Å². The molecule has 0 bridgehead atoms. The van der Waals surface area contributed by atoms with Gasteiger partial charge in [-0.3, -0.25) is 4.79 Å². The van der Waals surface area contributed by atoms with Crippen molar-refractivity contribution >= 4 is 11.7 Å². The van der Waals surface area contributed by atoms with Gasteiger partial charge in [0.05, 0.1) is 6.57 Å². The molecule has 2 aromatic rings. The Hall–Kier alpha value is -2.80. The molecule has 20 heavy (non-hydrogen) atoms. The van der Waals surface area contributed by atoms with E-state index in [0.29, 0.717) is 11.4 Å². The van der Waals surface area contributed by atoms with Gasteiger partial charge in [-0.15, -0.1) is 0 Å². The van der Waals surface area contributed by atoms with Crippen LogP contribution in [0.5, 0.6) is 5.75 Å². The van der Waals surface area contributed by atoms with Crippen LogP contribution in [0.4, 0.5) is 5.69 Å². The van der Waals surface area contributed by atoms with E-state index in [9.17, 15) is 4.79 Å². The highest BCUT2D eigenvalue weighted by molar-refractivity contribution is 5.67. The number of carbonyl (C=O) groups is 1. The van der Waals surface area contributed by atoms with E-state index in [0.717, 1.165) is 11.1 Å². The van der Waals surface area contributed by atoms with E-state index in [1.54, 1.807) is 12.1 Å². The van der Waals surface area contributed by atoms with E-state index >= 15 is 0 Å². The molecule has 0 atom stereocenters. The van der Waals surface area contributed by atoms with Crippen molar-refractivity contribution in [1.29, 1.82) is 0 Å². The molecule has 0 unspecified atom stereocenters. The fourth-order valence-corrected chi connectivity index (χ4v) is 1.65. The molecule has 0 saturated carbocycles. The lowest BCUT2D eigenvalue weighted by Crippen LogP contribution is -2.06. The summed E-state index contributed by atoms with van der Waals surface area (Å²) < 4.78 is 9.96. The highest BCUT2D eigenvalue weighted by Gasteiger charge is 2.00. The third kappa shape index (κ3) is 3.59. The van der Waals surface area contributed by atoms with Crippen LogP contribution in [-0.2, 0) is 9.53 Å².